The summed E-state index contributed by atoms with van der Waals surface area (Å²) >= 11 is 1.60. The minimum absolute atomic E-state index is 0.104. The molecule has 18 heavy (non-hydrogen) atoms. The molecule has 0 aliphatic heterocycles. The molecule has 2 heterocycles. The molecule has 0 fully saturated rings. The summed E-state index contributed by atoms with van der Waals surface area (Å²) in [6, 6.07) is 7.46. The number of hydrogen-bond acceptors (Lipinski definition) is 4. The largest absolute Gasteiger partial charge is 0.383 e. The van der Waals surface area contributed by atoms with Crippen LogP contribution in [0.2, 0.25) is 0 Å². The zero-order chi connectivity index (χ0) is 12.8. The second-order valence-electron chi connectivity index (χ2n) is 3.66. The van der Waals surface area contributed by atoms with Gasteiger partial charge in [0.15, 0.2) is 0 Å². The summed E-state index contributed by atoms with van der Waals surface area (Å²) in [6.45, 7) is 1.01. The van der Waals surface area contributed by atoms with Gasteiger partial charge in [-0.25, -0.2) is 0 Å². The number of nitrogens with one attached hydrogen (secondary N) is 1. The van der Waals surface area contributed by atoms with E-state index in [4.69, 9.17) is 4.74 Å². The zero-order valence-electron chi connectivity index (χ0n) is 10.1. The van der Waals surface area contributed by atoms with E-state index in [1.165, 1.54) is 0 Å². The molecule has 1 amide bonds. The minimum atomic E-state index is -0.104. The Morgan fingerprint density at radius 3 is 3.11 bits per heavy atom. The number of thiophene rings is 1. The highest BCUT2D eigenvalue weighted by atomic mass is 32.1. The lowest BCUT2D eigenvalue weighted by Gasteiger charge is -2.05. The highest BCUT2D eigenvalue weighted by molar-refractivity contribution is 7.13. The van der Waals surface area contributed by atoms with E-state index in [2.05, 4.69) is 10.3 Å². The lowest BCUT2D eigenvalue weighted by Crippen LogP contribution is -2.26. The molecule has 94 valence electrons. The van der Waals surface area contributed by atoms with Crippen LogP contribution in [0.3, 0.4) is 0 Å². The van der Waals surface area contributed by atoms with Crippen molar-refractivity contribution in [1.29, 1.82) is 0 Å². The lowest BCUT2D eigenvalue weighted by atomic mass is 10.2. The second-order valence-corrected chi connectivity index (χ2v) is 4.60. The number of methoxy groups -OCH3 is 1. The van der Waals surface area contributed by atoms with Gasteiger partial charge in [-0.1, -0.05) is 6.07 Å². The molecule has 5 heteroatoms. The number of nitrogens with zero attached hydrogens (tertiary/aromatic N) is 1. The molecule has 4 nitrogen and oxygen atoms in total. The number of carbonyl (C=O) groups is 1. The summed E-state index contributed by atoms with van der Waals surface area (Å²) in [4.78, 5) is 17.2. The third-order valence-corrected chi connectivity index (χ3v) is 3.28. The fourth-order valence-electron chi connectivity index (χ4n) is 1.50. The van der Waals surface area contributed by atoms with E-state index in [9.17, 15) is 4.79 Å². The summed E-state index contributed by atoms with van der Waals surface area (Å²) in [7, 11) is 1.60. The molecule has 0 saturated heterocycles. The van der Waals surface area contributed by atoms with E-state index < -0.39 is 0 Å². The molecular formula is C13H14N2O2S. The Labute approximate surface area is 110 Å². The zero-order valence-corrected chi connectivity index (χ0v) is 10.9. The minimum Gasteiger partial charge on any atom is -0.383 e. The fourth-order valence-corrected chi connectivity index (χ4v) is 2.19. The molecule has 0 saturated carbocycles. The molecule has 0 spiro atoms. The van der Waals surface area contributed by atoms with E-state index in [-0.39, 0.29) is 5.91 Å². The van der Waals surface area contributed by atoms with E-state index in [0.29, 0.717) is 18.7 Å². The van der Waals surface area contributed by atoms with Crippen LogP contribution in [0.15, 0.2) is 35.8 Å². The maximum Gasteiger partial charge on any atom is 0.251 e. The van der Waals surface area contributed by atoms with Gasteiger partial charge in [0, 0.05) is 25.4 Å². The summed E-state index contributed by atoms with van der Waals surface area (Å²) in [6.07, 6.45) is 1.65. The Morgan fingerprint density at radius 1 is 1.50 bits per heavy atom. The van der Waals surface area contributed by atoms with Crippen LogP contribution in [0.1, 0.15) is 10.4 Å². The molecular weight excluding hydrogens is 248 g/mol. The standard InChI is InChI=1S/C13H14N2O2S/c1-17-7-6-15-13(16)10-4-5-14-11(9-10)12-3-2-8-18-12/h2-5,8-9H,6-7H2,1H3,(H,15,16). The normalized spacial score (nSPS) is 10.3. The van der Waals surface area contributed by atoms with Crippen LogP contribution in [0.25, 0.3) is 10.6 Å². The monoisotopic (exact) mass is 262 g/mol. The van der Waals surface area contributed by atoms with Crippen LogP contribution >= 0.6 is 11.3 Å². The van der Waals surface area contributed by atoms with E-state index in [0.717, 1.165) is 10.6 Å². The van der Waals surface area contributed by atoms with E-state index in [1.54, 1.807) is 36.8 Å². The Balaban J connectivity index is 2.10. The van der Waals surface area contributed by atoms with Gasteiger partial charge in [0.2, 0.25) is 0 Å². The quantitative estimate of drug-likeness (QED) is 0.840. The Morgan fingerprint density at radius 2 is 2.39 bits per heavy atom. The number of ether oxygens (including phenoxy) is 1. The van der Waals surface area contributed by atoms with Gasteiger partial charge in [0.25, 0.3) is 5.91 Å². The summed E-state index contributed by atoms with van der Waals surface area (Å²) in [5, 5.41) is 4.77. The van der Waals surface area contributed by atoms with Crippen molar-refractivity contribution < 1.29 is 9.53 Å². The van der Waals surface area contributed by atoms with Gasteiger partial charge in [-0.15, -0.1) is 11.3 Å². The fraction of sp³-hybridized carbons (Fsp3) is 0.231. The van der Waals surface area contributed by atoms with Crippen LogP contribution in [-0.2, 0) is 4.74 Å². The first-order valence-corrected chi connectivity index (χ1v) is 6.46. The average molecular weight is 262 g/mol. The van der Waals surface area contributed by atoms with Crippen molar-refractivity contribution in [3.05, 3.63) is 41.4 Å². The van der Waals surface area contributed by atoms with E-state index in [1.807, 2.05) is 17.5 Å². The van der Waals surface area contributed by atoms with Crippen LogP contribution in [0, 0.1) is 0 Å². The maximum atomic E-state index is 11.9. The molecule has 0 atom stereocenters. The van der Waals surface area contributed by atoms with Crippen LogP contribution in [0.5, 0.6) is 0 Å². The van der Waals surface area contributed by atoms with Crippen molar-refractivity contribution in [2.24, 2.45) is 0 Å². The Kier molecular flexibility index (Phi) is 4.44. The van der Waals surface area contributed by atoms with Gasteiger partial charge < -0.3 is 10.1 Å². The summed E-state index contributed by atoms with van der Waals surface area (Å²) < 4.78 is 4.89. The predicted molar refractivity (Wildman–Crippen MR) is 71.8 cm³/mol. The Hall–Kier alpha value is -1.72. The van der Waals surface area contributed by atoms with Gasteiger partial charge in [-0.3, -0.25) is 9.78 Å². The second kappa shape index (κ2) is 6.28. The number of hydrogen-bond donors (Lipinski definition) is 1. The molecule has 0 radical (unpaired) electrons. The van der Waals surface area contributed by atoms with Gasteiger partial charge >= 0.3 is 0 Å². The van der Waals surface area contributed by atoms with Crippen LogP contribution < -0.4 is 5.32 Å². The van der Waals surface area contributed by atoms with Crippen molar-refractivity contribution in [1.82, 2.24) is 10.3 Å². The number of pyridine rings is 1. The number of aromatic nitrogens is 1. The van der Waals surface area contributed by atoms with Crippen LogP contribution in [0.4, 0.5) is 0 Å². The van der Waals surface area contributed by atoms with E-state index >= 15 is 0 Å². The smallest absolute Gasteiger partial charge is 0.251 e. The highest BCUT2D eigenvalue weighted by Gasteiger charge is 2.07. The molecule has 1 N–H and O–H groups in total. The molecule has 0 aliphatic rings. The number of amides is 1. The first-order valence-electron chi connectivity index (χ1n) is 5.58. The number of carbonyl (C=O) groups excluding carboxylic acids is 1. The van der Waals surface area contributed by atoms with Crippen LogP contribution in [-0.4, -0.2) is 31.2 Å². The molecule has 0 unspecified atom stereocenters. The summed E-state index contributed by atoms with van der Waals surface area (Å²) in [5.74, 6) is -0.104. The van der Waals surface area contributed by atoms with Gasteiger partial charge in [-0.05, 0) is 23.6 Å². The molecule has 0 bridgehead atoms. The topological polar surface area (TPSA) is 51.2 Å². The van der Waals surface area contributed by atoms with Gasteiger partial charge in [-0.2, -0.15) is 0 Å². The molecule has 0 aliphatic carbocycles. The third-order valence-electron chi connectivity index (χ3n) is 2.39. The van der Waals surface area contributed by atoms with Gasteiger partial charge in [0.1, 0.15) is 0 Å². The SMILES string of the molecule is COCCNC(=O)c1ccnc(-c2cccs2)c1. The third kappa shape index (κ3) is 3.15. The average Bonchev–Trinajstić information content (AvgIpc) is 2.93. The Bertz CT molecular complexity index is 511. The van der Waals surface area contributed by atoms with Crippen molar-refractivity contribution >= 4 is 17.2 Å². The molecule has 0 aromatic carbocycles. The maximum absolute atomic E-state index is 11.9. The number of rotatable bonds is 5. The first-order chi connectivity index (χ1) is 8.81. The molecule has 2 rings (SSSR count). The highest BCUT2D eigenvalue weighted by Crippen LogP contribution is 2.22. The molecule has 2 aromatic rings. The summed E-state index contributed by atoms with van der Waals surface area (Å²) in [5.41, 5.74) is 1.44. The first kappa shape index (κ1) is 12.7. The van der Waals surface area contributed by atoms with Crippen molar-refractivity contribution in [2.75, 3.05) is 20.3 Å². The van der Waals surface area contributed by atoms with Crippen molar-refractivity contribution in [3.8, 4) is 10.6 Å². The van der Waals surface area contributed by atoms with Gasteiger partial charge in [0.05, 0.1) is 17.2 Å². The van der Waals surface area contributed by atoms with Crippen molar-refractivity contribution in [3.63, 3.8) is 0 Å². The lowest BCUT2D eigenvalue weighted by molar-refractivity contribution is 0.0937. The molecule has 2 aromatic heterocycles. The predicted octanol–water partition coefficient (Wildman–Crippen LogP) is 2.19. The van der Waals surface area contributed by atoms with Crippen molar-refractivity contribution in [2.45, 2.75) is 0 Å².